The summed E-state index contributed by atoms with van der Waals surface area (Å²) in [7, 11) is 0. The SMILES string of the molecule is C=C(/C=C(\C)c1ccc(C#CC2CC3(CCC3=O)C2)cc1)Cn1ccnc1CC. The predicted molar refractivity (Wildman–Crippen MR) is 117 cm³/mol. The molecule has 3 nitrogen and oxygen atoms in total. The Morgan fingerprint density at radius 2 is 2.10 bits per heavy atom. The van der Waals surface area contributed by atoms with E-state index >= 15 is 0 Å². The largest absolute Gasteiger partial charge is 0.331 e. The topological polar surface area (TPSA) is 34.9 Å². The molecule has 4 rings (SSSR count). The second-order valence-electron chi connectivity index (χ2n) is 8.47. The van der Waals surface area contributed by atoms with Gasteiger partial charge in [-0.1, -0.05) is 43.6 Å². The van der Waals surface area contributed by atoms with Crippen molar-refractivity contribution in [2.24, 2.45) is 11.3 Å². The summed E-state index contributed by atoms with van der Waals surface area (Å²) in [5, 5.41) is 0. The van der Waals surface area contributed by atoms with E-state index < -0.39 is 0 Å². The molecule has 1 aromatic carbocycles. The second kappa shape index (κ2) is 7.87. The van der Waals surface area contributed by atoms with E-state index in [0.29, 0.717) is 11.7 Å². The second-order valence-corrected chi connectivity index (χ2v) is 8.47. The van der Waals surface area contributed by atoms with Crippen LogP contribution in [0.5, 0.6) is 0 Å². The molecule has 0 atom stereocenters. The molecule has 2 aromatic rings. The van der Waals surface area contributed by atoms with Crippen LogP contribution in [0.2, 0.25) is 0 Å². The van der Waals surface area contributed by atoms with Gasteiger partial charge >= 0.3 is 0 Å². The number of carbonyl (C=O) groups is 1. The maximum Gasteiger partial charge on any atom is 0.139 e. The van der Waals surface area contributed by atoms with Crippen molar-refractivity contribution in [3.63, 3.8) is 0 Å². The summed E-state index contributed by atoms with van der Waals surface area (Å²) < 4.78 is 2.15. The van der Waals surface area contributed by atoms with Gasteiger partial charge in [0, 0.05) is 48.7 Å². The van der Waals surface area contributed by atoms with E-state index in [1.165, 1.54) is 11.1 Å². The number of ketones is 1. The third-order valence-electron chi connectivity index (χ3n) is 6.37. The van der Waals surface area contributed by atoms with E-state index in [9.17, 15) is 4.79 Å². The normalized spacial score (nSPS) is 23.2. The maximum atomic E-state index is 11.7. The van der Waals surface area contributed by atoms with Crippen LogP contribution in [0.4, 0.5) is 0 Å². The van der Waals surface area contributed by atoms with Crippen molar-refractivity contribution >= 4 is 11.4 Å². The Labute approximate surface area is 173 Å². The highest BCUT2D eigenvalue weighted by Gasteiger charge is 2.54. The molecule has 2 aliphatic rings. The molecule has 0 bridgehead atoms. The Bertz CT molecular complexity index is 1020. The quantitative estimate of drug-likeness (QED) is 0.523. The molecule has 0 saturated heterocycles. The van der Waals surface area contributed by atoms with Gasteiger partial charge in [-0.15, -0.1) is 0 Å². The molecule has 2 saturated carbocycles. The Balaban J connectivity index is 1.35. The Hall–Kier alpha value is -2.86. The van der Waals surface area contributed by atoms with E-state index in [-0.39, 0.29) is 5.41 Å². The van der Waals surface area contributed by atoms with Gasteiger partial charge in [-0.3, -0.25) is 4.79 Å². The average molecular weight is 385 g/mol. The molecule has 0 unspecified atom stereocenters. The minimum Gasteiger partial charge on any atom is -0.331 e. The van der Waals surface area contributed by atoms with E-state index in [0.717, 1.165) is 55.6 Å². The maximum absolute atomic E-state index is 11.7. The molecule has 1 aromatic heterocycles. The van der Waals surface area contributed by atoms with Crippen molar-refractivity contribution in [1.29, 1.82) is 0 Å². The van der Waals surface area contributed by atoms with Crippen molar-refractivity contribution in [2.45, 2.75) is 52.5 Å². The molecular weight excluding hydrogens is 356 g/mol. The minimum absolute atomic E-state index is 0.0299. The number of benzene rings is 1. The Kier molecular flexibility index (Phi) is 5.28. The van der Waals surface area contributed by atoms with E-state index in [1.807, 2.05) is 12.4 Å². The monoisotopic (exact) mass is 384 g/mol. The summed E-state index contributed by atoms with van der Waals surface area (Å²) in [6.45, 7) is 9.20. The van der Waals surface area contributed by atoms with E-state index in [2.05, 4.69) is 72.2 Å². The lowest BCUT2D eigenvalue weighted by Crippen LogP contribution is -2.50. The third-order valence-corrected chi connectivity index (χ3v) is 6.37. The van der Waals surface area contributed by atoms with E-state index in [4.69, 9.17) is 0 Å². The van der Waals surface area contributed by atoms with Crippen LogP contribution in [0, 0.1) is 23.2 Å². The van der Waals surface area contributed by atoms with Crippen molar-refractivity contribution < 1.29 is 4.79 Å². The highest BCUT2D eigenvalue weighted by atomic mass is 16.1. The molecule has 2 fully saturated rings. The minimum atomic E-state index is 0.0299. The average Bonchev–Trinajstić information content (AvgIpc) is 3.13. The Morgan fingerprint density at radius 3 is 2.72 bits per heavy atom. The molecule has 1 heterocycles. The molecule has 0 N–H and O–H groups in total. The zero-order valence-corrected chi connectivity index (χ0v) is 17.4. The fourth-order valence-corrected chi connectivity index (χ4v) is 4.45. The number of imidazole rings is 1. The fourth-order valence-electron chi connectivity index (χ4n) is 4.45. The number of hydrogen-bond acceptors (Lipinski definition) is 2. The van der Waals surface area contributed by atoms with Gasteiger partial charge in [0.1, 0.15) is 11.6 Å². The zero-order chi connectivity index (χ0) is 20.4. The van der Waals surface area contributed by atoms with Crippen LogP contribution >= 0.6 is 0 Å². The number of aromatic nitrogens is 2. The number of carbonyl (C=O) groups excluding carboxylic acids is 1. The van der Waals surface area contributed by atoms with Crippen LogP contribution in [0.15, 0.2) is 54.9 Å². The predicted octanol–water partition coefficient (Wildman–Crippen LogP) is 5.22. The lowest BCUT2D eigenvalue weighted by Gasteiger charge is -2.50. The number of Topliss-reactive ketones (excluding diaryl/α,β-unsaturated/α-hetero) is 1. The van der Waals surface area contributed by atoms with Gasteiger partial charge in [0.2, 0.25) is 0 Å². The number of hydrogen-bond donors (Lipinski definition) is 0. The first kappa shape index (κ1) is 19.5. The molecule has 148 valence electrons. The van der Waals surface area contributed by atoms with Crippen LogP contribution < -0.4 is 0 Å². The van der Waals surface area contributed by atoms with Crippen molar-refractivity contribution in [3.8, 4) is 11.8 Å². The first-order valence-corrected chi connectivity index (χ1v) is 10.5. The van der Waals surface area contributed by atoms with Gasteiger partial charge in [-0.05, 0) is 55.0 Å². The molecular formula is C26H28N2O. The van der Waals surface area contributed by atoms with Crippen LogP contribution in [0.3, 0.4) is 0 Å². The standard InChI is InChI=1S/C26H28N2O/c1-4-25-27-13-14-28(25)18-19(2)15-20(3)23-9-7-21(8-10-23)5-6-22-16-26(17-22)12-11-24(26)29/h7-10,13-15,22H,2,4,11-12,16-18H2,1,3H3/b20-15+. The van der Waals surface area contributed by atoms with E-state index in [1.54, 1.807) is 0 Å². The third kappa shape index (κ3) is 3.98. The van der Waals surface area contributed by atoms with Gasteiger partial charge in [-0.25, -0.2) is 4.98 Å². The van der Waals surface area contributed by atoms with Gasteiger partial charge in [-0.2, -0.15) is 0 Å². The van der Waals surface area contributed by atoms with Crippen LogP contribution in [-0.2, 0) is 17.8 Å². The highest BCUT2D eigenvalue weighted by molar-refractivity contribution is 5.91. The summed E-state index contributed by atoms with van der Waals surface area (Å²) in [4.78, 5) is 16.1. The zero-order valence-electron chi connectivity index (χ0n) is 17.4. The molecule has 0 aliphatic heterocycles. The van der Waals surface area contributed by atoms with Crippen molar-refractivity contribution in [1.82, 2.24) is 9.55 Å². The van der Waals surface area contributed by atoms with Crippen molar-refractivity contribution in [2.75, 3.05) is 0 Å². The van der Waals surface area contributed by atoms with Gasteiger partial charge < -0.3 is 4.57 Å². The fraction of sp³-hybridized carbons (Fsp3) is 0.385. The molecule has 1 spiro atoms. The first-order chi connectivity index (χ1) is 14.0. The summed E-state index contributed by atoms with van der Waals surface area (Å²) in [5.41, 5.74) is 4.50. The number of rotatable bonds is 5. The molecule has 2 aliphatic carbocycles. The molecule has 3 heteroatoms. The Morgan fingerprint density at radius 1 is 1.34 bits per heavy atom. The van der Waals surface area contributed by atoms with Crippen LogP contribution in [0.25, 0.3) is 5.57 Å². The summed E-state index contributed by atoms with van der Waals surface area (Å²) in [6, 6.07) is 8.40. The summed E-state index contributed by atoms with van der Waals surface area (Å²) >= 11 is 0. The lowest BCUT2D eigenvalue weighted by atomic mass is 9.51. The number of aryl methyl sites for hydroxylation is 1. The van der Waals surface area contributed by atoms with Gasteiger partial charge in [0.25, 0.3) is 0 Å². The first-order valence-electron chi connectivity index (χ1n) is 10.5. The summed E-state index contributed by atoms with van der Waals surface area (Å²) in [6.07, 6.45) is 10.7. The lowest BCUT2D eigenvalue weighted by molar-refractivity contribution is -0.147. The number of nitrogens with zero attached hydrogens (tertiary/aromatic N) is 2. The molecule has 0 radical (unpaired) electrons. The number of allylic oxidation sites excluding steroid dienone is 3. The summed E-state index contributed by atoms with van der Waals surface area (Å²) in [5.74, 6) is 8.58. The van der Waals surface area contributed by atoms with Gasteiger partial charge in [0.05, 0.1) is 0 Å². The van der Waals surface area contributed by atoms with Crippen LogP contribution in [-0.4, -0.2) is 15.3 Å². The smallest absolute Gasteiger partial charge is 0.139 e. The molecule has 0 amide bonds. The van der Waals surface area contributed by atoms with Crippen LogP contribution in [0.1, 0.15) is 56.5 Å². The van der Waals surface area contributed by atoms with Gasteiger partial charge in [0.15, 0.2) is 0 Å². The van der Waals surface area contributed by atoms with Crippen molar-refractivity contribution in [3.05, 3.63) is 71.8 Å². The highest BCUT2D eigenvalue weighted by Crippen LogP contribution is 2.55. The molecule has 29 heavy (non-hydrogen) atoms.